The van der Waals surface area contributed by atoms with Crippen molar-refractivity contribution >= 4 is 11.8 Å². The van der Waals surface area contributed by atoms with Gasteiger partial charge in [0, 0.05) is 0 Å². The molecule has 0 bridgehead atoms. The van der Waals surface area contributed by atoms with Crippen molar-refractivity contribution < 1.29 is 25.2 Å². The van der Waals surface area contributed by atoms with Gasteiger partial charge in [-0.15, -0.1) is 11.8 Å². The summed E-state index contributed by atoms with van der Waals surface area (Å²) in [4.78, 5) is 0. The Morgan fingerprint density at radius 3 is 2.20 bits per heavy atom. The Kier molecular flexibility index (Phi) is 9.08. The minimum absolute atomic E-state index is 0.362. The Morgan fingerprint density at radius 2 is 1.55 bits per heavy atom. The fourth-order valence-corrected chi connectivity index (χ4v) is 3.47. The Balaban J connectivity index is 2.21. The number of aliphatic hydroxyl groups is 4. The minimum atomic E-state index is -1.26. The summed E-state index contributed by atoms with van der Waals surface area (Å²) in [7, 11) is 0. The number of thioether (sulfide) groups is 1. The molecule has 0 aromatic carbocycles. The van der Waals surface area contributed by atoms with Gasteiger partial charge < -0.3 is 25.2 Å². The SMILES string of the molecule is CCCCCCCCS[C@@H]1O[C@H](CO)[C@H](O)[C@@H](O)[C@@H]1O. The van der Waals surface area contributed by atoms with Crippen LogP contribution in [0.5, 0.6) is 0 Å². The molecule has 0 radical (unpaired) electrons. The first kappa shape index (κ1) is 18.2. The zero-order chi connectivity index (χ0) is 15.0. The maximum atomic E-state index is 9.86. The van der Waals surface area contributed by atoms with E-state index in [0.717, 1.165) is 18.6 Å². The standard InChI is InChI=1S/C14H28O5S/c1-2-3-4-5-6-7-8-20-14-13(18)12(17)11(16)10(9-15)19-14/h10-18H,2-9H2,1H3/t10-,11+,12-,13+,14+/m1/s1. The van der Waals surface area contributed by atoms with E-state index in [0.29, 0.717) is 0 Å². The third-order valence-corrected chi connectivity index (χ3v) is 4.87. The van der Waals surface area contributed by atoms with Crippen LogP contribution in [0, 0.1) is 0 Å². The number of aliphatic hydroxyl groups excluding tert-OH is 4. The van der Waals surface area contributed by atoms with Crippen LogP contribution < -0.4 is 0 Å². The first-order chi connectivity index (χ1) is 9.61. The molecule has 1 aliphatic heterocycles. The lowest BCUT2D eigenvalue weighted by Gasteiger charge is -2.39. The van der Waals surface area contributed by atoms with Gasteiger partial charge >= 0.3 is 0 Å². The molecule has 1 aliphatic rings. The summed E-state index contributed by atoms with van der Waals surface area (Å²) in [5, 5.41) is 38.3. The molecule has 1 saturated heterocycles. The van der Waals surface area contributed by atoms with Crippen LogP contribution >= 0.6 is 11.8 Å². The lowest BCUT2D eigenvalue weighted by Crippen LogP contribution is -2.57. The minimum Gasteiger partial charge on any atom is -0.394 e. The van der Waals surface area contributed by atoms with Crippen LogP contribution in [-0.4, -0.2) is 62.6 Å². The van der Waals surface area contributed by atoms with E-state index < -0.39 is 29.9 Å². The maximum absolute atomic E-state index is 9.86. The summed E-state index contributed by atoms with van der Waals surface area (Å²) in [6.45, 7) is 1.83. The molecule has 5 atom stereocenters. The Labute approximate surface area is 125 Å². The molecular formula is C14H28O5S. The summed E-state index contributed by atoms with van der Waals surface area (Å²) in [5.41, 5.74) is -0.582. The van der Waals surface area contributed by atoms with E-state index in [1.165, 1.54) is 37.4 Å². The molecule has 0 aliphatic carbocycles. The Bertz CT molecular complexity index is 252. The van der Waals surface area contributed by atoms with Gasteiger partial charge in [-0.3, -0.25) is 0 Å². The van der Waals surface area contributed by atoms with Crippen molar-refractivity contribution in [3.63, 3.8) is 0 Å². The van der Waals surface area contributed by atoms with Crippen LogP contribution in [0.15, 0.2) is 0 Å². The van der Waals surface area contributed by atoms with Gasteiger partial charge in [-0.25, -0.2) is 0 Å². The van der Waals surface area contributed by atoms with Gasteiger partial charge in [0.1, 0.15) is 29.9 Å². The second-order valence-electron chi connectivity index (χ2n) is 5.34. The molecule has 20 heavy (non-hydrogen) atoms. The molecule has 5 nitrogen and oxygen atoms in total. The van der Waals surface area contributed by atoms with E-state index in [-0.39, 0.29) is 6.61 Å². The van der Waals surface area contributed by atoms with E-state index in [4.69, 9.17) is 9.84 Å². The molecule has 0 saturated carbocycles. The van der Waals surface area contributed by atoms with Gasteiger partial charge in [-0.05, 0) is 12.2 Å². The van der Waals surface area contributed by atoms with Gasteiger partial charge in [-0.1, -0.05) is 39.0 Å². The quantitative estimate of drug-likeness (QED) is 0.473. The molecule has 0 spiro atoms. The zero-order valence-corrected chi connectivity index (χ0v) is 13.0. The fourth-order valence-electron chi connectivity index (χ4n) is 2.29. The molecule has 0 aromatic heterocycles. The average molecular weight is 308 g/mol. The molecular weight excluding hydrogens is 280 g/mol. The monoisotopic (exact) mass is 308 g/mol. The first-order valence-corrected chi connectivity index (χ1v) is 8.58. The lowest BCUT2D eigenvalue weighted by molar-refractivity contribution is -0.205. The smallest absolute Gasteiger partial charge is 0.132 e. The molecule has 0 amide bonds. The number of rotatable bonds is 9. The maximum Gasteiger partial charge on any atom is 0.132 e. The van der Waals surface area contributed by atoms with Gasteiger partial charge in [0.15, 0.2) is 0 Å². The predicted octanol–water partition coefficient (Wildman–Crippen LogP) is 0.880. The van der Waals surface area contributed by atoms with Crippen LogP contribution in [-0.2, 0) is 4.74 Å². The summed E-state index contributed by atoms with van der Waals surface area (Å²) in [6.07, 6.45) is 2.77. The highest BCUT2D eigenvalue weighted by molar-refractivity contribution is 7.99. The predicted molar refractivity (Wildman–Crippen MR) is 79.6 cm³/mol. The molecule has 1 heterocycles. The molecule has 0 aromatic rings. The normalized spacial score (nSPS) is 34.4. The van der Waals surface area contributed by atoms with Crippen molar-refractivity contribution in [3.05, 3.63) is 0 Å². The number of hydrogen-bond acceptors (Lipinski definition) is 6. The topological polar surface area (TPSA) is 90.2 Å². The number of hydrogen-bond donors (Lipinski definition) is 4. The molecule has 1 rings (SSSR count). The van der Waals surface area contributed by atoms with Crippen LogP contribution in [0.1, 0.15) is 45.4 Å². The van der Waals surface area contributed by atoms with Crippen LogP contribution in [0.4, 0.5) is 0 Å². The summed E-state index contributed by atoms with van der Waals surface area (Å²) < 4.78 is 5.43. The lowest BCUT2D eigenvalue weighted by atomic mass is 10.0. The van der Waals surface area contributed by atoms with E-state index in [2.05, 4.69) is 6.92 Å². The fraction of sp³-hybridized carbons (Fsp3) is 1.00. The van der Waals surface area contributed by atoms with Crippen LogP contribution in [0.3, 0.4) is 0 Å². The van der Waals surface area contributed by atoms with E-state index in [1.54, 1.807) is 0 Å². The molecule has 0 unspecified atom stereocenters. The van der Waals surface area contributed by atoms with E-state index in [9.17, 15) is 15.3 Å². The van der Waals surface area contributed by atoms with Crippen molar-refractivity contribution in [3.8, 4) is 0 Å². The molecule has 1 fully saturated rings. The molecule has 120 valence electrons. The molecule has 6 heteroatoms. The van der Waals surface area contributed by atoms with Crippen LogP contribution in [0.25, 0.3) is 0 Å². The largest absolute Gasteiger partial charge is 0.394 e. The Morgan fingerprint density at radius 1 is 0.900 bits per heavy atom. The van der Waals surface area contributed by atoms with Crippen molar-refractivity contribution in [1.29, 1.82) is 0 Å². The number of ether oxygens (including phenoxy) is 1. The van der Waals surface area contributed by atoms with Gasteiger partial charge in [-0.2, -0.15) is 0 Å². The Hall–Kier alpha value is 0.150. The average Bonchev–Trinajstić information content (AvgIpc) is 2.46. The highest BCUT2D eigenvalue weighted by Gasteiger charge is 2.43. The number of unbranched alkanes of at least 4 members (excludes halogenated alkanes) is 5. The third-order valence-electron chi connectivity index (χ3n) is 3.63. The third kappa shape index (κ3) is 5.50. The summed E-state index contributed by atoms with van der Waals surface area (Å²) in [6, 6.07) is 0. The summed E-state index contributed by atoms with van der Waals surface area (Å²) in [5.74, 6) is 0.842. The van der Waals surface area contributed by atoms with E-state index in [1.807, 2.05) is 0 Å². The first-order valence-electron chi connectivity index (χ1n) is 7.54. The van der Waals surface area contributed by atoms with E-state index >= 15 is 0 Å². The van der Waals surface area contributed by atoms with Crippen molar-refractivity contribution in [1.82, 2.24) is 0 Å². The van der Waals surface area contributed by atoms with Gasteiger partial charge in [0.2, 0.25) is 0 Å². The highest BCUT2D eigenvalue weighted by atomic mass is 32.2. The van der Waals surface area contributed by atoms with Gasteiger partial charge in [0.05, 0.1) is 6.61 Å². The van der Waals surface area contributed by atoms with Gasteiger partial charge in [0.25, 0.3) is 0 Å². The summed E-state index contributed by atoms with van der Waals surface area (Å²) >= 11 is 1.44. The zero-order valence-electron chi connectivity index (χ0n) is 12.1. The van der Waals surface area contributed by atoms with Crippen LogP contribution in [0.2, 0.25) is 0 Å². The van der Waals surface area contributed by atoms with Crippen molar-refractivity contribution in [2.75, 3.05) is 12.4 Å². The highest BCUT2D eigenvalue weighted by Crippen LogP contribution is 2.29. The van der Waals surface area contributed by atoms with Crippen molar-refractivity contribution in [2.45, 2.75) is 75.3 Å². The van der Waals surface area contributed by atoms with Crippen molar-refractivity contribution in [2.24, 2.45) is 0 Å². The second-order valence-corrected chi connectivity index (χ2v) is 6.54. The molecule has 4 N–H and O–H groups in total. The second kappa shape index (κ2) is 9.97.